The Kier molecular flexibility index (Phi) is 7.73. The maximum absolute atomic E-state index is 13.9. The highest BCUT2D eigenvalue weighted by Gasteiger charge is 2.54. The Hall–Kier alpha value is -3.46. The Morgan fingerprint density at radius 1 is 1.19 bits per heavy atom. The summed E-state index contributed by atoms with van der Waals surface area (Å²) >= 11 is 5.97. The molecule has 0 unspecified atom stereocenters. The van der Waals surface area contributed by atoms with Crippen LogP contribution in [0.4, 0.5) is 5.69 Å². The molecule has 1 saturated heterocycles. The number of likely N-dealkylation sites (tertiary alicyclic amines) is 1. The van der Waals surface area contributed by atoms with Crippen LogP contribution in [0.3, 0.4) is 0 Å². The Bertz CT molecular complexity index is 1200. The normalized spacial score (nSPS) is 14.7. The van der Waals surface area contributed by atoms with Crippen molar-refractivity contribution in [2.45, 2.75) is 45.4 Å². The number of aromatic nitrogens is 1. The van der Waals surface area contributed by atoms with Crippen molar-refractivity contribution in [3.05, 3.63) is 58.4 Å². The smallest absolute Gasteiger partial charge is 0.309 e. The van der Waals surface area contributed by atoms with E-state index in [1.807, 2.05) is 38.1 Å². The van der Waals surface area contributed by atoms with Gasteiger partial charge in [0.25, 0.3) is 5.91 Å². The van der Waals surface area contributed by atoms with E-state index in [4.69, 9.17) is 11.6 Å². The molecular weight excluding hydrogens is 484 g/mol. The van der Waals surface area contributed by atoms with Gasteiger partial charge in [0.1, 0.15) is 10.6 Å². The fourth-order valence-electron chi connectivity index (χ4n) is 4.31. The van der Waals surface area contributed by atoms with Gasteiger partial charge in [0.2, 0.25) is 11.8 Å². The number of nitrogens with one attached hydrogen (secondary N) is 2. The number of carbonyl (C=O) groups is 4. The summed E-state index contributed by atoms with van der Waals surface area (Å²) in [6, 6.07) is 8.93. The van der Waals surface area contributed by atoms with Gasteiger partial charge in [-0.15, -0.1) is 0 Å². The summed E-state index contributed by atoms with van der Waals surface area (Å²) in [5.74, 6) is -2.13. The first-order valence-corrected chi connectivity index (χ1v) is 12.0. The molecular formula is C26H31ClN4O5. The summed E-state index contributed by atoms with van der Waals surface area (Å²) in [7, 11) is 1.47. The van der Waals surface area contributed by atoms with E-state index in [0.717, 1.165) is 11.1 Å². The van der Waals surface area contributed by atoms with Gasteiger partial charge < -0.3 is 20.6 Å². The van der Waals surface area contributed by atoms with Crippen LogP contribution in [0.25, 0.3) is 0 Å². The van der Waals surface area contributed by atoms with Gasteiger partial charge in [-0.25, -0.2) is 4.98 Å². The average molecular weight is 515 g/mol. The number of benzene rings is 1. The first kappa shape index (κ1) is 27.1. The minimum atomic E-state index is -1.23. The molecule has 3 N–H and O–H groups in total. The third-order valence-electron chi connectivity index (χ3n) is 6.57. The van der Waals surface area contributed by atoms with Crippen LogP contribution < -0.4 is 10.6 Å². The molecule has 2 heterocycles. The van der Waals surface area contributed by atoms with Crippen LogP contribution in [0.15, 0.2) is 36.5 Å². The van der Waals surface area contributed by atoms with Crippen molar-refractivity contribution in [1.29, 1.82) is 0 Å². The number of pyridine rings is 1. The number of anilines is 1. The lowest BCUT2D eigenvalue weighted by Gasteiger charge is -2.50. The van der Waals surface area contributed by atoms with Crippen LogP contribution in [0.5, 0.6) is 0 Å². The zero-order valence-electron chi connectivity index (χ0n) is 21.0. The van der Waals surface area contributed by atoms with Crippen molar-refractivity contribution < 1.29 is 24.3 Å². The number of rotatable bonds is 8. The van der Waals surface area contributed by atoms with Crippen LogP contribution in [0, 0.1) is 5.41 Å². The molecule has 3 rings (SSSR count). The third kappa shape index (κ3) is 5.21. The molecule has 1 aromatic carbocycles. The van der Waals surface area contributed by atoms with Crippen molar-refractivity contribution in [3.8, 4) is 0 Å². The number of hydrogen-bond donors (Lipinski definition) is 3. The topological polar surface area (TPSA) is 129 Å². The first-order chi connectivity index (χ1) is 16.8. The minimum absolute atomic E-state index is 0.0768. The van der Waals surface area contributed by atoms with Crippen LogP contribution in [0.2, 0.25) is 5.15 Å². The number of carboxylic acids is 1. The van der Waals surface area contributed by atoms with E-state index in [1.165, 1.54) is 38.1 Å². The summed E-state index contributed by atoms with van der Waals surface area (Å²) in [5, 5.41) is 14.9. The Labute approximate surface area is 215 Å². The molecule has 3 amide bonds. The number of halogens is 1. The van der Waals surface area contributed by atoms with E-state index in [0.29, 0.717) is 0 Å². The molecule has 192 valence electrons. The van der Waals surface area contributed by atoms with Gasteiger partial charge in [0.15, 0.2) is 0 Å². The molecule has 0 saturated carbocycles. The molecule has 1 aliphatic heterocycles. The molecule has 2 aromatic rings. The minimum Gasteiger partial charge on any atom is -0.481 e. The van der Waals surface area contributed by atoms with E-state index < -0.39 is 28.6 Å². The molecule has 0 bridgehead atoms. The maximum Gasteiger partial charge on any atom is 0.309 e. The van der Waals surface area contributed by atoms with Gasteiger partial charge in [0.05, 0.1) is 22.9 Å². The molecule has 1 aromatic heterocycles. The summed E-state index contributed by atoms with van der Waals surface area (Å²) in [5.41, 5.74) is -0.224. The fourth-order valence-corrected chi connectivity index (χ4v) is 4.47. The Morgan fingerprint density at radius 3 is 2.42 bits per heavy atom. The molecule has 0 radical (unpaired) electrons. The second-order valence-corrected chi connectivity index (χ2v) is 10.4. The molecule has 0 spiro atoms. The highest BCUT2D eigenvalue weighted by molar-refractivity contribution is 6.30. The average Bonchev–Trinajstić information content (AvgIpc) is 2.78. The molecule has 1 fully saturated rings. The summed E-state index contributed by atoms with van der Waals surface area (Å²) in [4.78, 5) is 56.2. The van der Waals surface area contributed by atoms with Crippen LogP contribution in [-0.4, -0.2) is 58.8 Å². The van der Waals surface area contributed by atoms with Crippen molar-refractivity contribution in [2.75, 3.05) is 25.5 Å². The molecule has 0 aliphatic carbocycles. The predicted molar refractivity (Wildman–Crippen MR) is 136 cm³/mol. The van der Waals surface area contributed by atoms with E-state index in [9.17, 15) is 24.3 Å². The molecule has 9 nitrogen and oxygen atoms in total. The summed E-state index contributed by atoms with van der Waals surface area (Å²) < 4.78 is 0. The van der Waals surface area contributed by atoms with E-state index >= 15 is 0 Å². The standard InChI is InChI=1S/C26H31ClN4O5/c1-15(2)16-8-6-7-9-18(16)26(13-31(14-26)21(32)11-25(3,4)24(35)36)23(34)30-19-12-29-20(27)10-17(19)22(33)28-5/h6-10,12,15H,11,13-14H2,1-5H3,(H,28,33)(H,30,34)(H,35,36). The molecule has 0 atom stereocenters. The zero-order valence-corrected chi connectivity index (χ0v) is 21.8. The SMILES string of the molecule is CNC(=O)c1cc(Cl)ncc1NC(=O)C1(c2ccccc2C(C)C)CN(C(=O)CC(C)(C)C(=O)O)C1. The van der Waals surface area contributed by atoms with E-state index in [-0.39, 0.29) is 47.7 Å². The van der Waals surface area contributed by atoms with Crippen LogP contribution >= 0.6 is 11.6 Å². The zero-order chi connectivity index (χ0) is 26.8. The molecule has 10 heteroatoms. The van der Waals surface area contributed by atoms with Crippen LogP contribution in [-0.2, 0) is 19.8 Å². The monoisotopic (exact) mass is 514 g/mol. The second kappa shape index (κ2) is 10.3. The lowest BCUT2D eigenvalue weighted by Crippen LogP contribution is -2.67. The Morgan fingerprint density at radius 2 is 1.83 bits per heavy atom. The van der Waals surface area contributed by atoms with E-state index in [1.54, 1.807) is 0 Å². The number of hydrogen-bond acceptors (Lipinski definition) is 5. The summed E-state index contributed by atoms with van der Waals surface area (Å²) in [6.07, 6.45) is 1.14. The summed E-state index contributed by atoms with van der Waals surface area (Å²) in [6.45, 7) is 7.19. The quantitative estimate of drug-likeness (QED) is 0.463. The highest BCUT2D eigenvalue weighted by Crippen LogP contribution is 2.41. The van der Waals surface area contributed by atoms with Crippen LogP contribution in [0.1, 0.15) is 61.5 Å². The van der Waals surface area contributed by atoms with Gasteiger partial charge >= 0.3 is 5.97 Å². The van der Waals surface area contributed by atoms with Crippen molar-refractivity contribution in [2.24, 2.45) is 5.41 Å². The van der Waals surface area contributed by atoms with Gasteiger partial charge in [0, 0.05) is 26.6 Å². The van der Waals surface area contributed by atoms with Gasteiger partial charge in [-0.05, 0) is 37.0 Å². The van der Waals surface area contributed by atoms with Crippen molar-refractivity contribution in [3.63, 3.8) is 0 Å². The van der Waals surface area contributed by atoms with E-state index in [2.05, 4.69) is 15.6 Å². The lowest BCUT2D eigenvalue weighted by molar-refractivity contribution is -0.155. The lowest BCUT2D eigenvalue weighted by atomic mass is 9.69. The van der Waals surface area contributed by atoms with Gasteiger partial charge in [-0.3, -0.25) is 19.2 Å². The number of carbonyl (C=O) groups excluding carboxylic acids is 3. The second-order valence-electron chi connectivity index (χ2n) is 10.0. The van der Waals surface area contributed by atoms with Crippen molar-refractivity contribution >= 4 is 41.0 Å². The number of amides is 3. The highest BCUT2D eigenvalue weighted by atomic mass is 35.5. The van der Waals surface area contributed by atoms with Gasteiger partial charge in [-0.1, -0.05) is 49.7 Å². The number of carboxylic acid groups (broad SMARTS) is 1. The molecule has 1 aliphatic rings. The van der Waals surface area contributed by atoms with Gasteiger partial charge in [-0.2, -0.15) is 0 Å². The first-order valence-electron chi connectivity index (χ1n) is 11.6. The fraction of sp³-hybridized carbons (Fsp3) is 0.423. The van der Waals surface area contributed by atoms with Crippen molar-refractivity contribution in [1.82, 2.24) is 15.2 Å². The third-order valence-corrected chi connectivity index (χ3v) is 6.78. The Balaban J connectivity index is 1.99. The predicted octanol–water partition coefficient (Wildman–Crippen LogP) is 3.44. The molecule has 36 heavy (non-hydrogen) atoms. The maximum atomic E-state index is 13.9. The number of nitrogens with zero attached hydrogens (tertiary/aromatic N) is 2. The number of aliphatic carboxylic acids is 1. The largest absolute Gasteiger partial charge is 0.481 e.